The van der Waals surface area contributed by atoms with Gasteiger partial charge in [-0.15, -0.1) is 0 Å². The van der Waals surface area contributed by atoms with Crippen molar-refractivity contribution in [2.75, 3.05) is 31.7 Å². The largest absolute Gasteiger partial charge is 0.454 e. The number of nitrogens with zero attached hydrogens (tertiary/aromatic N) is 1. The summed E-state index contributed by atoms with van der Waals surface area (Å²) in [6.45, 7) is 6.76. The highest BCUT2D eigenvalue weighted by Gasteiger charge is 2.28. The molecule has 206 valence electrons. The van der Waals surface area contributed by atoms with Crippen LogP contribution in [0.3, 0.4) is 0 Å². The van der Waals surface area contributed by atoms with Crippen molar-refractivity contribution in [2.45, 2.75) is 49.3 Å². The van der Waals surface area contributed by atoms with Crippen molar-refractivity contribution >= 4 is 21.4 Å². The minimum Gasteiger partial charge on any atom is -0.454 e. The lowest BCUT2D eigenvalue weighted by molar-refractivity contribution is 0.0652. The normalized spacial score (nSPS) is 16.2. The highest BCUT2D eigenvalue weighted by Crippen LogP contribution is 2.36. The number of likely N-dealkylation sites (tertiary alicyclic amines) is 1. The summed E-state index contributed by atoms with van der Waals surface area (Å²) in [5, 5.41) is 3.46. The molecule has 2 heterocycles. The lowest BCUT2D eigenvalue weighted by Gasteiger charge is -2.36. The molecule has 7 nitrogen and oxygen atoms in total. The fraction of sp³-hybridized carbons (Fsp3) is 0.387. The molecule has 1 N–H and O–H groups in total. The summed E-state index contributed by atoms with van der Waals surface area (Å²) in [5.41, 5.74) is 2.73. The van der Waals surface area contributed by atoms with Gasteiger partial charge in [0.1, 0.15) is 0 Å². The van der Waals surface area contributed by atoms with Gasteiger partial charge in [-0.3, -0.25) is 4.79 Å². The summed E-state index contributed by atoms with van der Waals surface area (Å²) in [7, 11) is -3.65. The number of sulfone groups is 1. The molecule has 1 fully saturated rings. The van der Waals surface area contributed by atoms with Crippen LogP contribution >= 0.6 is 0 Å². The first kappa shape index (κ1) is 27.1. The maximum absolute atomic E-state index is 13.1. The zero-order valence-corrected chi connectivity index (χ0v) is 23.4. The van der Waals surface area contributed by atoms with Gasteiger partial charge in [0.05, 0.1) is 9.79 Å². The van der Waals surface area contributed by atoms with Gasteiger partial charge in [0.2, 0.25) is 16.6 Å². The Morgan fingerprint density at radius 3 is 2.38 bits per heavy atom. The van der Waals surface area contributed by atoms with Crippen LogP contribution in [0.2, 0.25) is 0 Å². The Morgan fingerprint density at radius 2 is 1.67 bits per heavy atom. The van der Waals surface area contributed by atoms with Gasteiger partial charge in [0.25, 0.3) is 5.91 Å². The fourth-order valence-electron chi connectivity index (χ4n) is 5.66. The number of aryl methyl sites for hydroxylation is 1. The van der Waals surface area contributed by atoms with E-state index in [1.165, 1.54) is 6.07 Å². The first-order valence-electron chi connectivity index (χ1n) is 13.7. The number of piperidine rings is 1. The highest BCUT2D eigenvalue weighted by molar-refractivity contribution is 7.91. The number of carbonyl (C=O) groups is 1. The molecule has 0 aliphatic carbocycles. The van der Waals surface area contributed by atoms with Crippen LogP contribution in [-0.4, -0.2) is 45.7 Å². The van der Waals surface area contributed by atoms with Crippen molar-refractivity contribution in [1.29, 1.82) is 0 Å². The SMILES string of the molecule is CCC(CCNc1ccc(S(=O)(=O)c2ccc3c(c2)OCO3)cc1)C1CCN(C(=O)c2ccccc2C)CC1. The van der Waals surface area contributed by atoms with Crippen LogP contribution in [0, 0.1) is 18.8 Å². The van der Waals surface area contributed by atoms with E-state index in [2.05, 4.69) is 12.2 Å². The molecule has 1 unspecified atom stereocenters. The average Bonchev–Trinajstić information content (AvgIpc) is 3.44. The molecule has 0 bridgehead atoms. The summed E-state index contributed by atoms with van der Waals surface area (Å²) >= 11 is 0. The van der Waals surface area contributed by atoms with E-state index in [9.17, 15) is 13.2 Å². The van der Waals surface area contributed by atoms with Crippen LogP contribution in [0.15, 0.2) is 76.5 Å². The molecule has 39 heavy (non-hydrogen) atoms. The highest BCUT2D eigenvalue weighted by atomic mass is 32.2. The number of benzene rings is 3. The second-order valence-corrected chi connectivity index (χ2v) is 12.3. The van der Waals surface area contributed by atoms with Crippen molar-refractivity contribution < 1.29 is 22.7 Å². The first-order valence-corrected chi connectivity index (χ1v) is 15.2. The molecule has 1 atom stereocenters. The van der Waals surface area contributed by atoms with E-state index in [0.29, 0.717) is 23.3 Å². The number of carbonyl (C=O) groups excluding carboxylic acids is 1. The third kappa shape index (κ3) is 5.91. The Kier molecular flexibility index (Phi) is 8.12. The van der Waals surface area contributed by atoms with Crippen molar-refractivity contribution in [1.82, 2.24) is 4.90 Å². The summed E-state index contributed by atoms with van der Waals surface area (Å²) in [6, 6.07) is 19.4. The van der Waals surface area contributed by atoms with Gasteiger partial charge in [0, 0.05) is 37.0 Å². The fourth-order valence-corrected chi connectivity index (χ4v) is 6.94. The third-order valence-electron chi connectivity index (χ3n) is 8.06. The molecule has 2 aliphatic rings. The number of amides is 1. The van der Waals surface area contributed by atoms with Gasteiger partial charge in [-0.25, -0.2) is 8.42 Å². The zero-order valence-electron chi connectivity index (χ0n) is 22.6. The van der Waals surface area contributed by atoms with Gasteiger partial charge in [-0.05, 0) is 86.1 Å². The molecule has 0 radical (unpaired) electrons. The minimum absolute atomic E-state index is 0.102. The summed E-state index contributed by atoms with van der Waals surface area (Å²) in [5.74, 6) is 2.33. The lowest BCUT2D eigenvalue weighted by Crippen LogP contribution is -2.40. The van der Waals surface area contributed by atoms with Crippen LogP contribution in [0.25, 0.3) is 0 Å². The van der Waals surface area contributed by atoms with Crippen molar-refractivity contribution in [3.63, 3.8) is 0 Å². The third-order valence-corrected chi connectivity index (χ3v) is 9.82. The number of ether oxygens (including phenoxy) is 2. The average molecular weight is 549 g/mol. The molecule has 3 aromatic rings. The first-order chi connectivity index (χ1) is 18.9. The van der Waals surface area contributed by atoms with Crippen molar-refractivity contribution in [3.05, 3.63) is 77.9 Å². The molecule has 0 saturated carbocycles. The van der Waals surface area contributed by atoms with E-state index in [4.69, 9.17) is 9.47 Å². The quantitative estimate of drug-likeness (QED) is 0.356. The number of anilines is 1. The summed E-state index contributed by atoms with van der Waals surface area (Å²) in [4.78, 5) is 15.4. The van der Waals surface area contributed by atoms with Gasteiger partial charge in [-0.1, -0.05) is 31.5 Å². The number of fused-ring (bicyclic) bond motifs is 1. The van der Waals surface area contributed by atoms with Gasteiger partial charge in [-0.2, -0.15) is 0 Å². The molecule has 1 saturated heterocycles. The second-order valence-electron chi connectivity index (χ2n) is 10.4. The van der Waals surface area contributed by atoms with Gasteiger partial charge in [0.15, 0.2) is 11.5 Å². The molecule has 8 heteroatoms. The topological polar surface area (TPSA) is 84.9 Å². The van der Waals surface area contributed by atoms with E-state index in [1.54, 1.807) is 24.3 Å². The Balaban J connectivity index is 1.12. The van der Waals surface area contributed by atoms with Crippen LogP contribution < -0.4 is 14.8 Å². The molecule has 0 aromatic heterocycles. The Labute approximate surface area is 231 Å². The summed E-state index contributed by atoms with van der Waals surface area (Å²) in [6.07, 6.45) is 4.19. The van der Waals surface area contributed by atoms with Crippen LogP contribution in [-0.2, 0) is 9.84 Å². The standard InChI is InChI=1S/C31H36N2O5S/c1-3-23(24-15-18-33(19-16-24)31(34)28-7-5-4-6-22(28)2)14-17-32-25-8-10-26(11-9-25)39(35,36)27-12-13-29-30(20-27)38-21-37-29/h4-13,20,23-24,32H,3,14-19,21H2,1-2H3. The Morgan fingerprint density at radius 1 is 0.974 bits per heavy atom. The molecule has 3 aromatic carbocycles. The maximum atomic E-state index is 13.1. The van der Waals surface area contributed by atoms with Gasteiger partial charge >= 0.3 is 0 Å². The molecule has 1 amide bonds. The Hall–Kier alpha value is -3.52. The molecule has 2 aliphatic heterocycles. The Bertz CT molecular complexity index is 1410. The monoisotopic (exact) mass is 548 g/mol. The minimum atomic E-state index is -3.65. The summed E-state index contributed by atoms with van der Waals surface area (Å²) < 4.78 is 36.8. The van der Waals surface area contributed by atoms with Crippen molar-refractivity contribution in [3.8, 4) is 11.5 Å². The smallest absolute Gasteiger partial charge is 0.254 e. The van der Waals surface area contributed by atoms with E-state index in [0.717, 1.165) is 62.1 Å². The van der Waals surface area contributed by atoms with E-state index in [1.807, 2.05) is 48.2 Å². The van der Waals surface area contributed by atoms with Crippen LogP contribution in [0.1, 0.15) is 48.5 Å². The van der Waals surface area contributed by atoms with Crippen molar-refractivity contribution in [2.24, 2.45) is 11.8 Å². The van der Waals surface area contributed by atoms with E-state index >= 15 is 0 Å². The number of hydrogen-bond acceptors (Lipinski definition) is 6. The van der Waals surface area contributed by atoms with Crippen LogP contribution in [0.4, 0.5) is 5.69 Å². The lowest BCUT2D eigenvalue weighted by atomic mass is 9.80. The molecular formula is C31H36N2O5S. The van der Waals surface area contributed by atoms with E-state index < -0.39 is 9.84 Å². The molecule has 5 rings (SSSR count). The predicted octanol–water partition coefficient (Wildman–Crippen LogP) is 5.94. The van der Waals surface area contributed by atoms with Crippen LogP contribution in [0.5, 0.6) is 11.5 Å². The molecule has 0 spiro atoms. The zero-order chi connectivity index (χ0) is 27.4. The predicted molar refractivity (Wildman–Crippen MR) is 151 cm³/mol. The number of nitrogens with one attached hydrogen (secondary N) is 1. The van der Waals surface area contributed by atoms with E-state index in [-0.39, 0.29) is 22.5 Å². The number of hydrogen-bond donors (Lipinski definition) is 1. The van der Waals surface area contributed by atoms with Gasteiger partial charge < -0.3 is 19.7 Å². The molecular weight excluding hydrogens is 512 g/mol. The maximum Gasteiger partial charge on any atom is 0.254 e. The second kappa shape index (κ2) is 11.7. The number of rotatable bonds is 9.